The first-order valence-electron chi connectivity index (χ1n) is 11.3. The fraction of sp³-hybridized carbons (Fsp3) is 0.273. The summed E-state index contributed by atoms with van der Waals surface area (Å²) < 4.78 is 0. The Hall–Kier alpha value is -4.60. The van der Waals surface area contributed by atoms with Crippen molar-refractivity contribution in [3.05, 3.63) is 101 Å². The van der Waals surface area contributed by atoms with Crippen LogP contribution >= 0.6 is 0 Å². The molecule has 0 atom stereocenters. The van der Waals surface area contributed by atoms with Gasteiger partial charge in [0.25, 0.3) is 0 Å². The number of hydrogen-bond donors (Lipinski definition) is 4. The van der Waals surface area contributed by atoms with Crippen LogP contribution in [0.4, 0.5) is 23.8 Å². The first kappa shape index (κ1) is 46.4. The molecule has 0 spiro atoms. The molecule has 0 radical (unpaired) electrons. The SMILES string of the molecule is Cc1cc(C)nc(N)n1.Cc1cc(C)nc(N)n1.Cc1ccnc(N)n1.Cc1ccnc(N)n1.O=[N+]([O-])[O-].O=[N+]([O-])[O-].[Ag+].[Ag+]. The molecule has 0 aliphatic rings. The molecule has 0 aromatic carbocycles. The molecule has 4 rings (SSSR count). The monoisotopic (exact) mass is 802 g/mol. The molecule has 0 aliphatic heterocycles. The van der Waals surface area contributed by atoms with Crippen molar-refractivity contribution >= 4 is 23.8 Å². The van der Waals surface area contributed by atoms with Crippen LogP contribution in [0.25, 0.3) is 0 Å². The van der Waals surface area contributed by atoms with Gasteiger partial charge in [-0.15, -0.1) is 0 Å². The molecule has 0 unspecified atom stereocenters. The third-order valence-electron chi connectivity index (χ3n) is 3.63. The van der Waals surface area contributed by atoms with E-state index in [2.05, 4.69) is 39.9 Å². The van der Waals surface area contributed by atoms with Crippen LogP contribution in [-0.2, 0) is 44.8 Å². The quantitative estimate of drug-likeness (QED) is 0.111. The predicted octanol–water partition coefficient (Wildman–Crippen LogP) is 1.60. The van der Waals surface area contributed by atoms with Crippen molar-refractivity contribution in [1.82, 2.24) is 39.9 Å². The third kappa shape index (κ3) is 31.9. The molecule has 0 aliphatic carbocycles. The average molecular weight is 804 g/mol. The number of aryl methyl sites for hydroxylation is 6. The average Bonchev–Trinajstić information content (AvgIpc) is 2.77. The summed E-state index contributed by atoms with van der Waals surface area (Å²) in [6, 6.07) is 7.37. The molecule has 0 amide bonds. The molecule has 248 valence electrons. The molecule has 44 heavy (non-hydrogen) atoms. The van der Waals surface area contributed by atoms with Crippen molar-refractivity contribution in [2.75, 3.05) is 22.9 Å². The molecular formula is C22H32Ag2N14O6. The van der Waals surface area contributed by atoms with Gasteiger partial charge in [-0.2, -0.15) is 0 Å². The smallest absolute Gasteiger partial charge is 0.368 e. The minimum atomic E-state index is -1.75. The summed E-state index contributed by atoms with van der Waals surface area (Å²) in [5, 5.41) is 29.5. The van der Waals surface area contributed by atoms with Gasteiger partial charge in [-0.1, -0.05) is 0 Å². The first-order valence-corrected chi connectivity index (χ1v) is 11.3. The standard InChI is InChI=1S/2C6H9N3.2C5H7N3.2Ag.2NO3/c2*1-4-3-5(2)9-6(7)8-4;2*1-4-2-3-7-5(6)8-4;;;2*2-1(3)4/h2*3H,1-2H3,(H2,7,8,9);2*2-3H,1H3,(H2,6,7,8);;;;/q;;;;2*+1;2*-1. The zero-order valence-electron chi connectivity index (χ0n) is 24.3. The number of nitrogens with zero attached hydrogens (tertiary/aromatic N) is 10. The van der Waals surface area contributed by atoms with E-state index in [1.165, 1.54) is 0 Å². The van der Waals surface area contributed by atoms with E-state index in [4.69, 9.17) is 53.6 Å². The molecule has 0 fully saturated rings. The molecular weight excluding hydrogens is 772 g/mol. The molecule has 0 saturated heterocycles. The van der Waals surface area contributed by atoms with Gasteiger partial charge in [0.15, 0.2) is 0 Å². The van der Waals surface area contributed by atoms with Crippen LogP contribution in [0.1, 0.15) is 34.2 Å². The van der Waals surface area contributed by atoms with Gasteiger partial charge >= 0.3 is 44.8 Å². The van der Waals surface area contributed by atoms with Crippen LogP contribution in [-0.4, -0.2) is 50.0 Å². The van der Waals surface area contributed by atoms with Crippen molar-refractivity contribution in [1.29, 1.82) is 0 Å². The second kappa shape index (κ2) is 26.1. The minimum Gasteiger partial charge on any atom is -0.368 e. The zero-order valence-corrected chi connectivity index (χ0v) is 27.3. The summed E-state index contributed by atoms with van der Waals surface area (Å²) in [4.78, 5) is 47.2. The zero-order chi connectivity index (χ0) is 32.8. The van der Waals surface area contributed by atoms with Crippen LogP contribution in [0.3, 0.4) is 0 Å². The molecule has 4 aromatic rings. The fourth-order valence-electron chi connectivity index (χ4n) is 2.44. The van der Waals surface area contributed by atoms with E-state index in [1.807, 2.05) is 53.7 Å². The molecule has 8 N–H and O–H groups in total. The van der Waals surface area contributed by atoms with E-state index in [0.29, 0.717) is 23.8 Å². The summed E-state index contributed by atoms with van der Waals surface area (Å²) in [5.74, 6) is 1.38. The van der Waals surface area contributed by atoms with Crippen LogP contribution in [0, 0.1) is 72.2 Å². The van der Waals surface area contributed by atoms with Crippen molar-refractivity contribution in [2.45, 2.75) is 41.5 Å². The maximum absolute atomic E-state index is 8.25. The van der Waals surface area contributed by atoms with Crippen molar-refractivity contribution in [2.24, 2.45) is 0 Å². The second-order valence-electron chi connectivity index (χ2n) is 7.58. The van der Waals surface area contributed by atoms with Crippen LogP contribution in [0.5, 0.6) is 0 Å². The Kier molecular flexibility index (Phi) is 27.5. The molecule has 0 bridgehead atoms. The van der Waals surface area contributed by atoms with Crippen molar-refractivity contribution in [3.8, 4) is 0 Å². The summed E-state index contributed by atoms with van der Waals surface area (Å²) in [6.45, 7) is 11.3. The Morgan fingerprint density at radius 1 is 0.477 bits per heavy atom. The van der Waals surface area contributed by atoms with Gasteiger partial charge < -0.3 is 53.6 Å². The van der Waals surface area contributed by atoms with Gasteiger partial charge in [0.05, 0.1) is 10.2 Å². The molecule has 0 saturated carbocycles. The van der Waals surface area contributed by atoms with E-state index < -0.39 is 10.2 Å². The van der Waals surface area contributed by atoms with Gasteiger partial charge in [-0.05, 0) is 65.8 Å². The summed E-state index contributed by atoms with van der Waals surface area (Å²) in [7, 11) is 0. The molecule has 4 aromatic heterocycles. The number of nitrogen functional groups attached to an aromatic ring is 4. The normalized spacial score (nSPS) is 8.32. The molecule has 22 heteroatoms. The first-order chi connectivity index (χ1) is 19.4. The maximum atomic E-state index is 8.25. The number of aromatic nitrogens is 8. The Bertz CT molecular complexity index is 1160. The molecule has 4 heterocycles. The Morgan fingerprint density at radius 2 is 0.682 bits per heavy atom. The number of nitrogens with two attached hydrogens (primary N) is 4. The van der Waals surface area contributed by atoms with E-state index in [0.717, 1.165) is 34.2 Å². The number of anilines is 4. The summed E-state index contributed by atoms with van der Waals surface area (Å²) in [6.07, 6.45) is 3.27. The van der Waals surface area contributed by atoms with Crippen molar-refractivity contribution < 1.29 is 54.9 Å². The fourth-order valence-corrected chi connectivity index (χ4v) is 2.44. The molecule has 20 nitrogen and oxygen atoms in total. The van der Waals surface area contributed by atoms with Gasteiger partial charge in [0.1, 0.15) is 0 Å². The van der Waals surface area contributed by atoms with E-state index in [-0.39, 0.29) is 44.8 Å². The number of rotatable bonds is 0. The van der Waals surface area contributed by atoms with Gasteiger partial charge in [-0.3, -0.25) is 0 Å². The van der Waals surface area contributed by atoms with Crippen LogP contribution in [0.15, 0.2) is 36.7 Å². The van der Waals surface area contributed by atoms with Gasteiger partial charge in [0.2, 0.25) is 23.8 Å². The Morgan fingerprint density at radius 3 is 0.818 bits per heavy atom. The largest absolute Gasteiger partial charge is 1.00 e. The van der Waals surface area contributed by atoms with Gasteiger partial charge in [0, 0.05) is 46.6 Å². The van der Waals surface area contributed by atoms with Crippen LogP contribution in [0.2, 0.25) is 0 Å². The maximum Gasteiger partial charge on any atom is 1.00 e. The van der Waals surface area contributed by atoms with E-state index >= 15 is 0 Å². The second-order valence-corrected chi connectivity index (χ2v) is 7.58. The Balaban J connectivity index is -0.000000222. The summed E-state index contributed by atoms with van der Waals surface area (Å²) in [5.41, 5.74) is 26.6. The Labute approximate surface area is 283 Å². The third-order valence-corrected chi connectivity index (χ3v) is 3.63. The minimum absolute atomic E-state index is 0. The summed E-state index contributed by atoms with van der Waals surface area (Å²) >= 11 is 0. The van der Waals surface area contributed by atoms with Crippen LogP contribution < -0.4 is 22.9 Å². The predicted molar refractivity (Wildman–Crippen MR) is 155 cm³/mol. The van der Waals surface area contributed by atoms with E-state index in [1.54, 1.807) is 24.5 Å². The van der Waals surface area contributed by atoms with Gasteiger partial charge in [-0.25, -0.2) is 39.9 Å². The topological polar surface area (TPSA) is 340 Å². The van der Waals surface area contributed by atoms with Crippen molar-refractivity contribution in [3.63, 3.8) is 0 Å². The van der Waals surface area contributed by atoms with E-state index in [9.17, 15) is 0 Å². The number of hydrogen-bond acceptors (Lipinski definition) is 18.